The van der Waals surface area contributed by atoms with E-state index in [1.807, 2.05) is 0 Å². The van der Waals surface area contributed by atoms with Crippen molar-refractivity contribution in [1.82, 2.24) is 9.55 Å². The van der Waals surface area contributed by atoms with Crippen LogP contribution >= 0.6 is 11.3 Å². The van der Waals surface area contributed by atoms with Crippen molar-refractivity contribution in [2.45, 2.75) is 19.1 Å². The topological polar surface area (TPSA) is 56.1 Å². The molecule has 2 aromatic heterocycles. The van der Waals surface area contributed by atoms with Gasteiger partial charge in [0.2, 0.25) is 5.95 Å². The smallest absolute Gasteiger partial charge is 0.431 e. The SMILES string of the molecule is CCOC(=O)C1=C(C(F)(F)F)Nc2nc3ccccc3n2C1c1ccsc1. The molecular formula is C18H14F3N3O2S. The molecule has 3 aromatic rings. The van der Waals surface area contributed by atoms with Crippen LogP contribution < -0.4 is 5.32 Å². The number of nitrogens with zero attached hydrogens (tertiary/aromatic N) is 2. The van der Waals surface area contributed by atoms with E-state index in [9.17, 15) is 18.0 Å². The highest BCUT2D eigenvalue weighted by atomic mass is 32.1. The Hall–Kier alpha value is -2.81. The van der Waals surface area contributed by atoms with E-state index in [1.165, 1.54) is 11.3 Å². The van der Waals surface area contributed by atoms with E-state index < -0.39 is 29.5 Å². The van der Waals surface area contributed by atoms with Crippen LogP contribution in [-0.4, -0.2) is 28.3 Å². The highest BCUT2D eigenvalue weighted by Gasteiger charge is 2.46. The number of para-hydroxylation sites is 2. The van der Waals surface area contributed by atoms with Crippen molar-refractivity contribution in [2.75, 3.05) is 11.9 Å². The van der Waals surface area contributed by atoms with Gasteiger partial charge in [-0.25, -0.2) is 9.78 Å². The molecule has 1 aliphatic heterocycles. The number of alkyl halides is 3. The number of imidazole rings is 1. The van der Waals surface area contributed by atoms with Crippen molar-refractivity contribution in [3.8, 4) is 0 Å². The van der Waals surface area contributed by atoms with E-state index in [0.717, 1.165) is 0 Å². The number of anilines is 1. The molecule has 0 saturated carbocycles. The highest BCUT2D eigenvalue weighted by molar-refractivity contribution is 7.08. The first-order valence-electron chi connectivity index (χ1n) is 8.16. The lowest BCUT2D eigenvalue weighted by molar-refractivity contribution is -0.140. The number of nitrogens with one attached hydrogen (secondary N) is 1. The molecule has 1 N–H and O–H groups in total. The summed E-state index contributed by atoms with van der Waals surface area (Å²) in [6.45, 7) is 1.53. The lowest BCUT2D eigenvalue weighted by Gasteiger charge is -2.31. The molecule has 4 rings (SSSR count). The number of aromatic nitrogens is 2. The molecule has 0 bridgehead atoms. The van der Waals surface area contributed by atoms with Crippen molar-refractivity contribution in [3.63, 3.8) is 0 Å². The fourth-order valence-corrected chi connectivity index (χ4v) is 3.91. The van der Waals surface area contributed by atoms with Gasteiger partial charge in [-0.2, -0.15) is 24.5 Å². The Morgan fingerprint density at radius 2 is 2.11 bits per heavy atom. The van der Waals surface area contributed by atoms with Gasteiger partial charge in [-0.1, -0.05) is 12.1 Å². The molecule has 1 aliphatic rings. The number of carbonyl (C=O) groups is 1. The van der Waals surface area contributed by atoms with Gasteiger partial charge in [0.15, 0.2) is 0 Å². The summed E-state index contributed by atoms with van der Waals surface area (Å²) in [5.41, 5.74) is 0.111. The predicted molar refractivity (Wildman–Crippen MR) is 95.5 cm³/mol. The summed E-state index contributed by atoms with van der Waals surface area (Å²) in [5.74, 6) is -0.968. The standard InChI is InChI=1S/C18H14F3N3O2S/c1-2-26-16(25)13-14(10-7-8-27-9-10)24-12-6-4-3-5-11(12)22-17(24)23-15(13)18(19,20)21/h3-9,14H,2H2,1H3,(H,22,23). The molecule has 1 atom stereocenters. The molecule has 9 heteroatoms. The van der Waals surface area contributed by atoms with Crippen LogP contribution in [0.2, 0.25) is 0 Å². The van der Waals surface area contributed by atoms with Gasteiger partial charge in [0.1, 0.15) is 5.70 Å². The molecule has 0 spiro atoms. The normalized spacial score (nSPS) is 17.0. The molecule has 5 nitrogen and oxygen atoms in total. The molecule has 0 aliphatic carbocycles. The van der Waals surface area contributed by atoms with Crippen LogP contribution in [0.5, 0.6) is 0 Å². The first kappa shape index (κ1) is 17.6. The number of hydrogen-bond acceptors (Lipinski definition) is 5. The molecule has 0 amide bonds. The number of esters is 1. The average Bonchev–Trinajstić information content (AvgIpc) is 3.27. The van der Waals surface area contributed by atoms with E-state index in [-0.39, 0.29) is 12.6 Å². The van der Waals surface area contributed by atoms with Gasteiger partial charge in [-0.15, -0.1) is 0 Å². The summed E-state index contributed by atoms with van der Waals surface area (Å²) in [6, 6.07) is 7.71. The Balaban J connectivity index is 2.04. The van der Waals surface area contributed by atoms with Gasteiger partial charge in [-0.3, -0.25) is 4.57 Å². The number of carbonyl (C=O) groups excluding carboxylic acids is 1. The zero-order valence-corrected chi connectivity index (χ0v) is 14.9. The van der Waals surface area contributed by atoms with E-state index in [4.69, 9.17) is 4.74 Å². The number of halogens is 3. The Morgan fingerprint density at radius 3 is 2.78 bits per heavy atom. The van der Waals surface area contributed by atoms with Crippen LogP contribution in [-0.2, 0) is 9.53 Å². The van der Waals surface area contributed by atoms with Crippen molar-refractivity contribution in [2.24, 2.45) is 0 Å². The van der Waals surface area contributed by atoms with Crippen LogP contribution in [0.4, 0.5) is 19.1 Å². The minimum atomic E-state index is -4.76. The molecule has 0 radical (unpaired) electrons. The molecule has 27 heavy (non-hydrogen) atoms. The quantitative estimate of drug-likeness (QED) is 0.666. The van der Waals surface area contributed by atoms with Gasteiger partial charge in [0.25, 0.3) is 0 Å². The van der Waals surface area contributed by atoms with E-state index >= 15 is 0 Å². The molecule has 3 heterocycles. The average molecular weight is 393 g/mol. The number of ether oxygens (including phenoxy) is 1. The van der Waals surface area contributed by atoms with Gasteiger partial charge in [-0.05, 0) is 41.4 Å². The maximum Gasteiger partial charge on any atom is 0.431 e. The zero-order chi connectivity index (χ0) is 19.2. The van der Waals surface area contributed by atoms with Crippen LogP contribution in [0.25, 0.3) is 11.0 Å². The van der Waals surface area contributed by atoms with E-state index in [1.54, 1.807) is 52.6 Å². The van der Waals surface area contributed by atoms with Gasteiger partial charge < -0.3 is 10.1 Å². The van der Waals surface area contributed by atoms with Gasteiger partial charge >= 0.3 is 12.1 Å². The van der Waals surface area contributed by atoms with Crippen LogP contribution in [0.1, 0.15) is 18.5 Å². The third-order valence-electron chi connectivity index (χ3n) is 4.27. The largest absolute Gasteiger partial charge is 0.463 e. The maximum absolute atomic E-state index is 13.8. The molecule has 140 valence electrons. The third kappa shape index (κ3) is 2.87. The molecule has 1 unspecified atom stereocenters. The predicted octanol–water partition coefficient (Wildman–Crippen LogP) is 4.49. The Labute approximate surface area is 156 Å². The molecule has 1 aromatic carbocycles. The molecule has 0 fully saturated rings. The van der Waals surface area contributed by atoms with E-state index in [0.29, 0.717) is 16.6 Å². The summed E-state index contributed by atoms with van der Waals surface area (Å²) in [6.07, 6.45) is -4.76. The maximum atomic E-state index is 13.8. The van der Waals surface area contributed by atoms with Crippen LogP contribution in [0.3, 0.4) is 0 Å². The first-order chi connectivity index (χ1) is 12.9. The number of thiophene rings is 1. The summed E-state index contributed by atoms with van der Waals surface area (Å²) >= 11 is 1.34. The Morgan fingerprint density at radius 1 is 1.33 bits per heavy atom. The number of benzene rings is 1. The fourth-order valence-electron chi connectivity index (χ4n) is 3.23. The second-order valence-corrected chi connectivity index (χ2v) is 6.67. The van der Waals surface area contributed by atoms with Gasteiger partial charge in [0, 0.05) is 0 Å². The van der Waals surface area contributed by atoms with Gasteiger partial charge in [0.05, 0.1) is 29.3 Å². The third-order valence-corrected chi connectivity index (χ3v) is 4.97. The van der Waals surface area contributed by atoms with Crippen LogP contribution in [0.15, 0.2) is 52.4 Å². The highest BCUT2D eigenvalue weighted by Crippen LogP contribution is 2.44. The van der Waals surface area contributed by atoms with Crippen LogP contribution in [0, 0.1) is 0 Å². The molecule has 0 saturated heterocycles. The van der Waals surface area contributed by atoms with Crippen molar-refractivity contribution in [3.05, 3.63) is 57.9 Å². The summed E-state index contributed by atoms with van der Waals surface area (Å²) in [7, 11) is 0. The lowest BCUT2D eigenvalue weighted by Crippen LogP contribution is -2.35. The monoisotopic (exact) mass is 393 g/mol. The van der Waals surface area contributed by atoms with Crippen molar-refractivity contribution < 1.29 is 22.7 Å². The number of rotatable bonds is 3. The number of allylic oxidation sites excluding steroid dienone is 1. The zero-order valence-electron chi connectivity index (χ0n) is 14.1. The Kier molecular flexibility index (Phi) is 4.18. The summed E-state index contributed by atoms with van der Waals surface area (Å²) in [4.78, 5) is 16.9. The fraction of sp³-hybridized carbons (Fsp3) is 0.222. The minimum absolute atomic E-state index is 0.0264. The number of fused-ring (bicyclic) bond motifs is 3. The summed E-state index contributed by atoms with van der Waals surface area (Å²) < 4.78 is 48.0. The second kappa shape index (κ2) is 6.41. The molecular weight excluding hydrogens is 379 g/mol. The Bertz CT molecular complexity index is 1040. The van der Waals surface area contributed by atoms with E-state index in [2.05, 4.69) is 10.3 Å². The van der Waals surface area contributed by atoms with Crippen molar-refractivity contribution >= 4 is 34.3 Å². The first-order valence-corrected chi connectivity index (χ1v) is 9.10. The lowest BCUT2D eigenvalue weighted by atomic mass is 9.96. The second-order valence-electron chi connectivity index (χ2n) is 5.89. The van der Waals surface area contributed by atoms with Crippen molar-refractivity contribution in [1.29, 1.82) is 0 Å². The summed E-state index contributed by atoms with van der Waals surface area (Å²) in [5, 5.41) is 5.80. The number of hydrogen-bond donors (Lipinski definition) is 1. The minimum Gasteiger partial charge on any atom is -0.463 e.